The lowest BCUT2D eigenvalue weighted by Crippen LogP contribution is -2.44. The number of guanidine groups is 1. The second-order valence-electron chi connectivity index (χ2n) is 4.64. The van der Waals surface area contributed by atoms with Crippen LogP contribution < -0.4 is 11.1 Å². The Morgan fingerprint density at radius 1 is 1.50 bits per heavy atom. The van der Waals surface area contributed by atoms with E-state index in [9.17, 15) is 0 Å². The number of aliphatic imine (C=N–C) groups is 1. The van der Waals surface area contributed by atoms with Crippen molar-refractivity contribution in [2.75, 3.05) is 19.6 Å². The summed E-state index contributed by atoms with van der Waals surface area (Å²) in [5.41, 5.74) is 5.77. The number of likely N-dealkylation sites (tertiary alicyclic amines) is 1. The van der Waals surface area contributed by atoms with Gasteiger partial charge < -0.3 is 11.1 Å². The smallest absolute Gasteiger partial charge is 0.188 e. The van der Waals surface area contributed by atoms with Gasteiger partial charge in [-0.25, -0.2) is 0 Å². The van der Waals surface area contributed by atoms with Crippen molar-refractivity contribution in [3.63, 3.8) is 0 Å². The van der Waals surface area contributed by atoms with Crippen LogP contribution in [-0.2, 0) is 0 Å². The maximum absolute atomic E-state index is 5.77. The number of nitrogens with two attached hydrogens (primary N) is 1. The van der Waals surface area contributed by atoms with E-state index in [2.05, 4.69) is 36.0 Å². The molecule has 5 heteroatoms. The normalized spacial score (nSPS) is 26.9. The van der Waals surface area contributed by atoms with Crippen molar-refractivity contribution < 1.29 is 0 Å². The monoisotopic (exact) mass is 340 g/mol. The Morgan fingerprint density at radius 3 is 2.56 bits per heavy atom. The molecule has 96 valence electrons. The zero-order valence-corrected chi connectivity index (χ0v) is 13.1. The molecular formula is C11H25IN4. The highest BCUT2D eigenvalue weighted by Gasteiger charge is 2.30. The Balaban J connectivity index is 0.00000225. The molecule has 0 bridgehead atoms. The van der Waals surface area contributed by atoms with E-state index in [4.69, 9.17) is 5.73 Å². The van der Waals surface area contributed by atoms with Crippen LogP contribution in [0.5, 0.6) is 0 Å². The van der Waals surface area contributed by atoms with Gasteiger partial charge in [0.2, 0.25) is 0 Å². The van der Waals surface area contributed by atoms with Gasteiger partial charge in [0.05, 0.1) is 0 Å². The molecule has 0 aromatic rings. The van der Waals surface area contributed by atoms with Crippen LogP contribution >= 0.6 is 24.0 Å². The molecule has 2 atom stereocenters. The number of nitrogens with one attached hydrogen (secondary N) is 1. The Kier molecular flexibility index (Phi) is 7.30. The first-order valence-corrected chi connectivity index (χ1v) is 5.85. The molecule has 0 saturated carbocycles. The fraction of sp³-hybridized carbons (Fsp3) is 0.909. The van der Waals surface area contributed by atoms with E-state index < -0.39 is 0 Å². The summed E-state index contributed by atoms with van der Waals surface area (Å²) in [6, 6.07) is 1.06. The van der Waals surface area contributed by atoms with Crippen molar-refractivity contribution in [1.82, 2.24) is 10.2 Å². The predicted molar refractivity (Wildman–Crippen MR) is 80.4 cm³/mol. The van der Waals surface area contributed by atoms with Crippen LogP contribution in [0.1, 0.15) is 27.7 Å². The minimum Gasteiger partial charge on any atom is -0.370 e. The minimum atomic E-state index is 0. The molecule has 2 unspecified atom stereocenters. The molecule has 1 aliphatic rings. The van der Waals surface area contributed by atoms with Crippen molar-refractivity contribution in [3.8, 4) is 0 Å². The van der Waals surface area contributed by atoms with Gasteiger partial charge in [0.15, 0.2) is 5.96 Å². The lowest BCUT2D eigenvalue weighted by molar-refractivity contribution is 0.265. The lowest BCUT2D eigenvalue weighted by Gasteiger charge is -2.20. The fourth-order valence-electron chi connectivity index (χ4n) is 2.02. The molecule has 1 rings (SSSR count). The molecule has 1 fully saturated rings. The Hall–Kier alpha value is -0.0400. The van der Waals surface area contributed by atoms with Crippen molar-refractivity contribution in [2.24, 2.45) is 16.6 Å². The highest BCUT2D eigenvalue weighted by Crippen LogP contribution is 2.18. The van der Waals surface area contributed by atoms with Gasteiger partial charge in [-0.05, 0) is 26.7 Å². The van der Waals surface area contributed by atoms with Gasteiger partial charge in [0.25, 0.3) is 0 Å². The first kappa shape index (κ1) is 16.0. The third-order valence-corrected chi connectivity index (χ3v) is 3.03. The molecule has 0 radical (unpaired) electrons. The summed E-state index contributed by atoms with van der Waals surface area (Å²) in [7, 11) is 0. The van der Waals surface area contributed by atoms with E-state index in [1.807, 2.05) is 6.92 Å². The molecular weight excluding hydrogens is 315 g/mol. The van der Waals surface area contributed by atoms with Gasteiger partial charge in [-0.15, -0.1) is 24.0 Å². The number of rotatable bonds is 3. The van der Waals surface area contributed by atoms with Crippen molar-refractivity contribution in [2.45, 2.75) is 39.8 Å². The SMILES string of the molecule is CCN=C(N)NC1CN(C(C)C)CC1C.I. The summed E-state index contributed by atoms with van der Waals surface area (Å²) in [5.74, 6) is 1.22. The van der Waals surface area contributed by atoms with E-state index in [0.717, 1.165) is 19.6 Å². The number of nitrogens with zero attached hydrogens (tertiary/aromatic N) is 2. The average Bonchev–Trinajstić information content (AvgIpc) is 2.48. The van der Waals surface area contributed by atoms with Crippen molar-refractivity contribution in [1.29, 1.82) is 0 Å². The van der Waals surface area contributed by atoms with Crippen LogP contribution in [0.4, 0.5) is 0 Å². The molecule has 0 aromatic carbocycles. The summed E-state index contributed by atoms with van der Waals surface area (Å²) in [6.45, 7) is 11.7. The van der Waals surface area contributed by atoms with Crippen molar-refractivity contribution >= 4 is 29.9 Å². The molecule has 3 N–H and O–H groups in total. The van der Waals surface area contributed by atoms with E-state index in [1.54, 1.807) is 0 Å². The van der Waals surface area contributed by atoms with E-state index >= 15 is 0 Å². The number of halogens is 1. The molecule has 1 aliphatic heterocycles. The fourth-order valence-corrected chi connectivity index (χ4v) is 2.02. The van der Waals surface area contributed by atoms with Gasteiger partial charge >= 0.3 is 0 Å². The third kappa shape index (κ3) is 4.45. The van der Waals surface area contributed by atoms with E-state index in [0.29, 0.717) is 24.0 Å². The second-order valence-corrected chi connectivity index (χ2v) is 4.64. The third-order valence-electron chi connectivity index (χ3n) is 3.03. The summed E-state index contributed by atoms with van der Waals surface area (Å²) in [6.07, 6.45) is 0. The Morgan fingerprint density at radius 2 is 2.12 bits per heavy atom. The lowest BCUT2D eigenvalue weighted by atomic mass is 10.1. The largest absolute Gasteiger partial charge is 0.370 e. The highest BCUT2D eigenvalue weighted by atomic mass is 127. The predicted octanol–water partition coefficient (Wildman–Crippen LogP) is 1.26. The summed E-state index contributed by atoms with van der Waals surface area (Å²) in [5, 5.41) is 3.30. The molecule has 1 heterocycles. The first-order valence-electron chi connectivity index (χ1n) is 5.85. The molecule has 0 amide bonds. The maximum atomic E-state index is 5.77. The quantitative estimate of drug-likeness (QED) is 0.462. The zero-order valence-electron chi connectivity index (χ0n) is 10.7. The van der Waals surface area contributed by atoms with Crippen LogP contribution in [0.25, 0.3) is 0 Å². The molecule has 0 aromatic heterocycles. The van der Waals surface area contributed by atoms with Gasteiger partial charge in [-0.1, -0.05) is 6.92 Å². The van der Waals surface area contributed by atoms with Crippen LogP contribution in [0.2, 0.25) is 0 Å². The highest BCUT2D eigenvalue weighted by molar-refractivity contribution is 14.0. The van der Waals surface area contributed by atoms with Gasteiger partial charge in [-0.3, -0.25) is 9.89 Å². The Bertz CT molecular complexity index is 230. The van der Waals surface area contributed by atoms with Gasteiger partial charge in [-0.2, -0.15) is 0 Å². The number of hydrogen-bond acceptors (Lipinski definition) is 2. The molecule has 0 aliphatic carbocycles. The van der Waals surface area contributed by atoms with Crippen LogP contribution in [0.15, 0.2) is 4.99 Å². The van der Waals surface area contributed by atoms with Gasteiger partial charge in [0.1, 0.15) is 0 Å². The molecule has 1 saturated heterocycles. The molecule has 4 nitrogen and oxygen atoms in total. The standard InChI is InChI=1S/C11H24N4.HI/c1-5-13-11(12)14-10-7-15(8(2)3)6-9(10)4;/h8-10H,5-7H2,1-4H3,(H3,12,13,14);1H. The zero-order chi connectivity index (χ0) is 11.4. The summed E-state index contributed by atoms with van der Waals surface area (Å²) < 4.78 is 0. The van der Waals surface area contributed by atoms with Crippen LogP contribution in [0, 0.1) is 5.92 Å². The molecule has 16 heavy (non-hydrogen) atoms. The van der Waals surface area contributed by atoms with Crippen LogP contribution in [-0.4, -0.2) is 42.6 Å². The average molecular weight is 340 g/mol. The first-order chi connectivity index (χ1) is 7.04. The van der Waals surface area contributed by atoms with Crippen LogP contribution in [0.3, 0.4) is 0 Å². The van der Waals surface area contributed by atoms with Gasteiger partial charge in [0, 0.05) is 31.7 Å². The minimum absolute atomic E-state index is 0. The maximum Gasteiger partial charge on any atom is 0.188 e. The summed E-state index contributed by atoms with van der Waals surface area (Å²) >= 11 is 0. The summed E-state index contributed by atoms with van der Waals surface area (Å²) in [4.78, 5) is 6.63. The topological polar surface area (TPSA) is 53.6 Å². The second kappa shape index (κ2) is 7.32. The molecule has 0 spiro atoms. The Labute approximate surface area is 116 Å². The van der Waals surface area contributed by atoms with E-state index in [-0.39, 0.29) is 24.0 Å². The number of hydrogen-bond donors (Lipinski definition) is 2. The van der Waals surface area contributed by atoms with E-state index in [1.165, 1.54) is 0 Å². The van der Waals surface area contributed by atoms with Crippen molar-refractivity contribution in [3.05, 3.63) is 0 Å².